The van der Waals surface area contributed by atoms with Gasteiger partial charge in [0, 0.05) is 12.6 Å². The van der Waals surface area contributed by atoms with Crippen LogP contribution in [-0.2, 0) is 4.79 Å². The maximum Gasteiger partial charge on any atom is 0.251 e. The third-order valence-electron chi connectivity index (χ3n) is 1.68. The largest absolute Gasteiger partial charge is 0.335 e. The topological polar surface area (TPSA) is 20.3 Å². The number of nitrogens with zero attached hydrogens (tertiary/aromatic N) is 1. The summed E-state index contributed by atoms with van der Waals surface area (Å²) in [6, 6.07) is 0.266. The van der Waals surface area contributed by atoms with Crippen LogP contribution < -0.4 is 0 Å². The summed E-state index contributed by atoms with van der Waals surface area (Å²) in [5.74, 6) is 0.0810. The zero-order chi connectivity index (χ0) is 6.31. The van der Waals surface area contributed by atoms with E-state index in [-0.39, 0.29) is 11.9 Å². The molecule has 0 aromatic rings. The number of amides is 1. The van der Waals surface area contributed by atoms with E-state index in [0.29, 0.717) is 0 Å². The highest BCUT2D eigenvalue weighted by Gasteiger charge is 2.33. The van der Waals surface area contributed by atoms with Gasteiger partial charge in [0.05, 0.1) is 6.04 Å². The minimum absolute atomic E-state index is 0.0810. The molecular formula is C6H9NO. The normalized spacial score (nSPS) is 28.2. The molecule has 0 unspecified atom stereocenters. The molecule has 1 heterocycles. The summed E-state index contributed by atoms with van der Waals surface area (Å²) in [6.45, 7) is 5.54. The Balaban J connectivity index is 2.68. The molecule has 0 radical (unpaired) electrons. The molecule has 1 amide bonds. The fourth-order valence-corrected chi connectivity index (χ4v) is 0.749. The predicted molar refractivity (Wildman–Crippen MR) is 31.4 cm³/mol. The van der Waals surface area contributed by atoms with Crippen molar-refractivity contribution in [3.8, 4) is 0 Å². The molecule has 1 aliphatic heterocycles. The summed E-state index contributed by atoms with van der Waals surface area (Å²) in [7, 11) is 1.78. The first-order chi connectivity index (χ1) is 3.64. The van der Waals surface area contributed by atoms with Crippen LogP contribution in [0.25, 0.3) is 0 Å². The van der Waals surface area contributed by atoms with E-state index >= 15 is 0 Å². The van der Waals surface area contributed by atoms with Crippen molar-refractivity contribution < 1.29 is 4.79 Å². The molecule has 1 aliphatic rings. The minimum atomic E-state index is 0.0810. The Morgan fingerprint density at radius 3 is 2.38 bits per heavy atom. The summed E-state index contributed by atoms with van der Waals surface area (Å²) >= 11 is 0. The Hall–Kier alpha value is -0.790. The van der Waals surface area contributed by atoms with E-state index in [4.69, 9.17) is 0 Å². The highest BCUT2D eigenvalue weighted by Crippen LogP contribution is 2.20. The fraction of sp³-hybridized carbons (Fsp3) is 0.500. The molecule has 2 nitrogen and oxygen atoms in total. The van der Waals surface area contributed by atoms with Crippen LogP contribution in [0.15, 0.2) is 12.2 Å². The van der Waals surface area contributed by atoms with Gasteiger partial charge in [-0.1, -0.05) is 6.58 Å². The zero-order valence-electron chi connectivity index (χ0n) is 5.14. The monoisotopic (exact) mass is 111 g/mol. The molecule has 0 aromatic carbocycles. The van der Waals surface area contributed by atoms with Gasteiger partial charge in [0.15, 0.2) is 0 Å². The van der Waals surface area contributed by atoms with Crippen LogP contribution in [0, 0.1) is 0 Å². The maximum absolute atomic E-state index is 10.6. The highest BCUT2D eigenvalue weighted by molar-refractivity contribution is 6.00. The molecule has 0 aromatic heterocycles. The molecule has 2 heteroatoms. The SMILES string of the molecule is C=C1C(=O)N(C)[C@@H]1C. The summed E-state index contributed by atoms with van der Waals surface area (Å²) in [5.41, 5.74) is 0.729. The van der Waals surface area contributed by atoms with E-state index in [1.54, 1.807) is 11.9 Å². The smallest absolute Gasteiger partial charge is 0.251 e. The standard InChI is InChI=1S/C6H9NO/c1-4-5(2)7(3)6(4)8/h5H,1H2,2-3H3/t5-/m1/s1. The summed E-state index contributed by atoms with van der Waals surface area (Å²) in [6.07, 6.45) is 0. The van der Waals surface area contributed by atoms with Gasteiger partial charge < -0.3 is 4.90 Å². The lowest BCUT2D eigenvalue weighted by atomic mass is 10.00. The van der Waals surface area contributed by atoms with Crippen molar-refractivity contribution in [2.45, 2.75) is 13.0 Å². The average molecular weight is 111 g/mol. The van der Waals surface area contributed by atoms with E-state index < -0.39 is 0 Å². The molecule has 0 aliphatic carbocycles. The molecule has 44 valence electrons. The average Bonchev–Trinajstić information content (AvgIpc) is 1.83. The molecule has 1 atom stereocenters. The lowest BCUT2D eigenvalue weighted by Gasteiger charge is -2.36. The molecular weight excluding hydrogens is 102 g/mol. The Morgan fingerprint density at radius 2 is 2.25 bits per heavy atom. The quantitative estimate of drug-likeness (QED) is 0.327. The van der Waals surface area contributed by atoms with Crippen molar-refractivity contribution in [2.75, 3.05) is 7.05 Å². The first kappa shape index (κ1) is 5.35. The minimum Gasteiger partial charge on any atom is -0.335 e. The first-order valence-electron chi connectivity index (χ1n) is 2.60. The van der Waals surface area contributed by atoms with Gasteiger partial charge in [-0.2, -0.15) is 0 Å². The molecule has 1 fully saturated rings. The Kier molecular flexibility index (Phi) is 0.897. The molecule has 0 bridgehead atoms. The highest BCUT2D eigenvalue weighted by atomic mass is 16.2. The van der Waals surface area contributed by atoms with Crippen molar-refractivity contribution in [1.29, 1.82) is 0 Å². The third kappa shape index (κ3) is 0.399. The van der Waals surface area contributed by atoms with Crippen molar-refractivity contribution >= 4 is 5.91 Å². The molecule has 1 rings (SSSR count). The molecule has 0 saturated carbocycles. The molecule has 8 heavy (non-hydrogen) atoms. The van der Waals surface area contributed by atoms with Crippen LogP contribution >= 0.6 is 0 Å². The van der Waals surface area contributed by atoms with Gasteiger partial charge in [0.1, 0.15) is 0 Å². The Morgan fingerprint density at radius 1 is 1.75 bits per heavy atom. The van der Waals surface area contributed by atoms with Crippen LogP contribution in [-0.4, -0.2) is 23.9 Å². The van der Waals surface area contributed by atoms with Crippen LogP contribution in [0.4, 0.5) is 0 Å². The summed E-state index contributed by atoms with van der Waals surface area (Å²) < 4.78 is 0. The number of rotatable bonds is 0. The van der Waals surface area contributed by atoms with Crippen molar-refractivity contribution in [1.82, 2.24) is 4.90 Å². The van der Waals surface area contributed by atoms with Crippen LogP contribution in [0.3, 0.4) is 0 Å². The fourth-order valence-electron chi connectivity index (χ4n) is 0.749. The number of likely N-dealkylation sites (N-methyl/N-ethyl adjacent to an activating group) is 1. The van der Waals surface area contributed by atoms with E-state index in [0.717, 1.165) is 5.57 Å². The maximum atomic E-state index is 10.6. The third-order valence-corrected chi connectivity index (χ3v) is 1.68. The number of β-lactam (4-membered cyclic amide) rings is 1. The summed E-state index contributed by atoms with van der Waals surface area (Å²) in [4.78, 5) is 12.3. The second kappa shape index (κ2) is 1.34. The van der Waals surface area contributed by atoms with Crippen LogP contribution in [0.5, 0.6) is 0 Å². The van der Waals surface area contributed by atoms with E-state index in [1.807, 2.05) is 6.92 Å². The first-order valence-corrected chi connectivity index (χ1v) is 2.60. The molecule has 0 N–H and O–H groups in total. The van der Waals surface area contributed by atoms with Gasteiger partial charge in [-0.05, 0) is 6.92 Å². The van der Waals surface area contributed by atoms with Crippen molar-refractivity contribution in [3.63, 3.8) is 0 Å². The molecule has 0 spiro atoms. The molecule has 1 saturated heterocycles. The number of carbonyl (C=O) groups is 1. The zero-order valence-corrected chi connectivity index (χ0v) is 5.14. The van der Waals surface area contributed by atoms with Crippen molar-refractivity contribution in [2.24, 2.45) is 0 Å². The van der Waals surface area contributed by atoms with Gasteiger partial charge >= 0.3 is 0 Å². The van der Waals surface area contributed by atoms with E-state index in [1.165, 1.54) is 0 Å². The number of hydrogen-bond acceptors (Lipinski definition) is 1. The van der Waals surface area contributed by atoms with Crippen LogP contribution in [0.2, 0.25) is 0 Å². The second-order valence-electron chi connectivity index (χ2n) is 2.12. The van der Waals surface area contributed by atoms with Gasteiger partial charge in [0.2, 0.25) is 0 Å². The van der Waals surface area contributed by atoms with E-state index in [2.05, 4.69) is 6.58 Å². The van der Waals surface area contributed by atoms with Gasteiger partial charge in [0.25, 0.3) is 5.91 Å². The Bertz CT molecular complexity index is 133. The summed E-state index contributed by atoms with van der Waals surface area (Å²) in [5, 5.41) is 0. The Labute approximate surface area is 48.8 Å². The van der Waals surface area contributed by atoms with Gasteiger partial charge in [-0.25, -0.2) is 0 Å². The lowest BCUT2D eigenvalue weighted by Crippen LogP contribution is -2.50. The number of likely N-dealkylation sites (tertiary alicyclic amines) is 1. The van der Waals surface area contributed by atoms with E-state index in [9.17, 15) is 4.79 Å². The van der Waals surface area contributed by atoms with Gasteiger partial charge in [-0.3, -0.25) is 4.79 Å². The van der Waals surface area contributed by atoms with Crippen LogP contribution in [0.1, 0.15) is 6.92 Å². The number of hydrogen-bond donors (Lipinski definition) is 0. The number of carbonyl (C=O) groups excluding carboxylic acids is 1. The predicted octanol–water partition coefficient (Wildman–Crippen LogP) is 0.403. The van der Waals surface area contributed by atoms with Gasteiger partial charge in [-0.15, -0.1) is 0 Å². The van der Waals surface area contributed by atoms with Crippen molar-refractivity contribution in [3.05, 3.63) is 12.2 Å². The lowest BCUT2D eigenvalue weighted by molar-refractivity contribution is -0.134. The second-order valence-corrected chi connectivity index (χ2v) is 2.12.